The predicted octanol–water partition coefficient (Wildman–Crippen LogP) is 2.02. The summed E-state index contributed by atoms with van der Waals surface area (Å²) in [6.45, 7) is -1.52. The van der Waals surface area contributed by atoms with Crippen LogP contribution in [0, 0.1) is 5.92 Å². The number of ether oxygens (including phenoxy) is 1. The third-order valence-electron chi connectivity index (χ3n) is 3.10. The van der Waals surface area contributed by atoms with Crippen molar-refractivity contribution in [2.75, 3.05) is 13.6 Å². The van der Waals surface area contributed by atoms with Crippen LogP contribution in [-0.4, -0.2) is 30.6 Å². The molecule has 0 bridgehead atoms. The molecule has 1 amide bonds. The number of nitrogens with zero attached hydrogens (tertiary/aromatic N) is 1. The minimum atomic E-state index is -1.52. The summed E-state index contributed by atoms with van der Waals surface area (Å²) >= 11 is 0. The highest BCUT2D eigenvalue weighted by Crippen LogP contribution is 2.36. The van der Waals surface area contributed by atoms with Gasteiger partial charge < -0.3 is 9.64 Å². The third kappa shape index (κ3) is 1.52. The quantitative estimate of drug-likeness (QED) is 0.578. The van der Waals surface area contributed by atoms with E-state index in [2.05, 4.69) is 4.74 Å². The van der Waals surface area contributed by atoms with Crippen molar-refractivity contribution in [1.82, 2.24) is 4.90 Å². The van der Waals surface area contributed by atoms with Crippen LogP contribution in [0.3, 0.4) is 0 Å². The summed E-state index contributed by atoms with van der Waals surface area (Å²) in [5.74, 6) is 0.327. The Morgan fingerprint density at radius 1 is 1.46 bits per heavy atom. The molecule has 0 aromatic rings. The molecule has 1 aliphatic carbocycles. The van der Waals surface area contributed by atoms with Gasteiger partial charge >= 0.3 is 6.09 Å². The van der Waals surface area contributed by atoms with E-state index in [1.165, 1.54) is 12.0 Å². The Balaban J connectivity index is 2.21. The molecule has 2 fully saturated rings. The molecular formula is C10H17NO2. The second-order valence-corrected chi connectivity index (χ2v) is 3.81. The first-order valence-electron chi connectivity index (χ1n) is 5.93. The van der Waals surface area contributed by atoms with Crippen molar-refractivity contribution < 1.29 is 12.3 Å². The van der Waals surface area contributed by atoms with Crippen LogP contribution in [-0.2, 0) is 4.74 Å². The average Bonchev–Trinajstić information content (AvgIpc) is 2.46. The van der Waals surface area contributed by atoms with E-state index in [-0.39, 0.29) is 6.04 Å². The summed E-state index contributed by atoms with van der Waals surface area (Å²) in [6.07, 6.45) is 4.15. The number of fused-ring (bicyclic) bond motifs is 1. The molecular weight excluding hydrogens is 166 g/mol. The Bertz CT molecular complexity index is 270. The Hall–Kier alpha value is -0.730. The van der Waals surface area contributed by atoms with E-state index in [4.69, 9.17) is 2.74 Å². The summed E-state index contributed by atoms with van der Waals surface area (Å²) in [6, 6.07) is 0.0567. The maximum atomic E-state index is 11.5. The van der Waals surface area contributed by atoms with Crippen molar-refractivity contribution in [2.24, 2.45) is 5.92 Å². The van der Waals surface area contributed by atoms with Crippen LogP contribution in [0.4, 0.5) is 4.79 Å². The van der Waals surface area contributed by atoms with E-state index >= 15 is 0 Å². The summed E-state index contributed by atoms with van der Waals surface area (Å²) in [5.41, 5.74) is 0. The van der Waals surface area contributed by atoms with Crippen molar-refractivity contribution in [1.29, 1.82) is 0 Å². The number of rotatable bonds is 0. The van der Waals surface area contributed by atoms with Gasteiger partial charge in [0.1, 0.15) is 0 Å². The minimum Gasteiger partial charge on any atom is -0.453 e. The molecule has 1 saturated carbocycles. The largest absolute Gasteiger partial charge is 0.453 e. The molecule has 0 aromatic carbocycles. The maximum absolute atomic E-state index is 11.5. The average molecular weight is 185 g/mol. The number of methoxy groups -OCH3 is 1. The van der Waals surface area contributed by atoms with Gasteiger partial charge in [0.2, 0.25) is 0 Å². The zero-order valence-corrected chi connectivity index (χ0v) is 7.95. The second-order valence-electron chi connectivity index (χ2n) is 3.81. The van der Waals surface area contributed by atoms with Crippen molar-refractivity contribution in [3.05, 3.63) is 0 Å². The Labute approximate surface area is 81.9 Å². The van der Waals surface area contributed by atoms with Crippen LogP contribution in [0.1, 0.15) is 34.8 Å². The highest BCUT2D eigenvalue weighted by molar-refractivity contribution is 5.68. The molecule has 0 N–H and O–H groups in total. The molecule has 3 nitrogen and oxygen atoms in total. The summed E-state index contributed by atoms with van der Waals surface area (Å²) in [5, 5.41) is 0. The lowest BCUT2D eigenvalue weighted by Crippen LogP contribution is -2.39. The summed E-state index contributed by atoms with van der Waals surface area (Å²) in [7, 11) is 1.31. The topological polar surface area (TPSA) is 29.5 Å². The number of carbonyl (C=O) groups excluding carboxylic acids is 1. The van der Waals surface area contributed by atoms with E-state index < -0.39 is 12.6 Å². The van der Waals surface area contributed by atoms with E-state index in [9.17, 15) is 4.79 Å². The fourth-order valence-electron chi connectivity index (χ4n) is 2.40. The SMILES string of the molecule is [2H]C1([2H])C[C@H]2CCCC[C@H]2N1C(=O)OC. The normalized spacial score (nSPS) is 39.0. The van der Waals surface area contributed by atoms with Gasteiger partial charge in [0.25, 0.3) is 0 Å². The lowest BCUT2D eigenvalue weighted by Gasteiger charge is -2.30. The van der Waals surface area contributed by atoms with Gasteiger partial charge in [-0.15, -0.1) is 0 Å². The monoisotopic (exact) mass is 185 g/mol. The fourth-order valence-corrected chi connectivity index (χ4v) is 2.40. The number of likely N-dealkylation sites (tertiary alicyclic amines) is 1. The molecule has 74 valence electrons. The number of hydrogen-bond acceptors (Lipinski definition) is 2. The van der Waals surface area contributed by atoms with Crippen molar-refractivity contribution >= 4 is 6.09 Å². The van der Waals surface area contributed by atoms with Crippen LogP contribution in [0.15, 0.2) is 0 Å². The number of carbonyl (C=O) groups is 1. The van der Waals surface area contributed by atoms with Gasteiger partial charge in [0, 0.05) is 15.3 Å². The van der Waals surface area contributed by atoms with Crippen LogP contribution >= 0.6 is 0 Å². The van der Waals surface area contributed by atoms with Crippen molar-refractivity contribution in [3.63, 3.8) is 0 Å². The summed E-state index contributed by atoms with van der Waals surface area (Å²) < 4.78 is 20.4. The molecule has 1 aliphatic heterocycles. The van der Waals surface area contributed by atoms with Gasteiger partial charge in [-0.1, -0.05) is 12.8 Å². The predicted molar refractivity (Wildman–Crippen MR) is 49.5 cm³/mol. The van der Waals surface area contributed by atoms with Gasteiger partial charge in [0.05, 0.1) is 7.11 Å². The molecule has 0 unspecified atom stereocenters. The molecule has 2 aliphatic rings. The van der Waals surface area contributed by atoms with Gasteiger partial charge in [-0.2, -0.15) is 0 Å². The van der Waals surface area contributed by atoms with Gasteiger partial charge in [-0.05, 0) is 25.2 Å². The van der Waals surface area contributed by atoms with Gasteiger partial charge in [-0.3, -0.25) is 0 Å². The Kier molecular flexibility index (Phi) is 1.83. The number of hydrogen-bond donors (Lipinski definition) is 0. The maximum Gasteiger partial charge on any atom is 0.409 e. The highest BCUT2D eigenvalue weighted by Gasteiger charge is 2.38. The summed E-state index contributed by atoms with van der Waals surface area (Å²) in [4.78, 5) is 12.9. The molecule has 3 heteroatoms. The number of amides is 1. The van der Waals surface area contributed by atoms with Crippen molar-refractivity contribution in [3.8, 4) is 0 Å². The smallest absolute Gasteiger partial charge is 0.409 e. The second kappa shape index (κ2) is 3.56. The van der Waals surface area contributed by atoms with Crippen LogP contribution in [0.25, 0.3) is 0 Å². The molecule has 0 aromatic heterocycles. The molecule has 2 atom stereocenters. The van der Waals surface area contributed by atoms with Gasteiger partial charge in [-0.25, -0.2) is 4.79 Å². The zero-order chi connectivity index (χ0) is 11.1. The van der Waals surface area contributed by atoms with E-state index in [0.29, 0.717) is 12.3 Å². The first kappa shape index (κ1) is 6.68. The van der Waals surface area contributed by atoms with E-state index in [1.54, 1.807) is 0 Å². The van der Waals surface area contributed by atoms with Crippen LogP contribution in [0.2, 0.25) is 0 Å². The first-order valence-corrected chi connectivity index (χ1v) is 4.93. The Morgan fingerprint density at radius 3 is 3.00 bits per heavy atom. The standard InChI is InChI=1S/C10H17NO2/c1-13-10(12)11-7-6-8-4-2-3-5-9(8)11/h8-9H,2-7H2,1H3/t8-,9-/m1/s1/i7D2. The lowest BCUT2D eigenvalue weighted by atomic mass is 9.85. The van der Waals surface area contributed by atoms with E-state index in [1.807, 2.05) is 0 Å². The van der Waals surface area contributed by atoms with Crippen LogP contribution < -0.4 is 0 Å². The molecule has 1 heterocycles. The molecule has 1 saturated heterocycles. The molecule has 13 heavy (non-hydrogen) atoms. The highest BCUT2D eigenvalue weighted by atomic mass is 16.5. The third-order valence-corrected chi connectivity index (χ3v) is 3.10. The first-order chi connectivity index (χ1) is 7.06. The lowest BCUT2D eigenvalue weighted by molar-refractivity contribution is 0.106. The molecule has 0 spiro atoms. The van der Waals surface area contributed by atoms with Crippen molar-refractivity contribution in [2.45, 2.75) is 38.1 Å². The van der Waals surface area contributed by atoms with Crippen LogP contribution in [0.5, 0.6) is 0 Å². The zero-order valence-electron chi connectivity index (χ0n) is 9.95. The minimum absolute atomic E-state index is 0.0567. The van der Waals surface area contributed by atoms with Gasteiger partial charge in [0.15, 0.2) is 0 Å². The molecule has 2 rings (SSSR count). The fraction of sp³-hybridized carbons (Fsp3) is 0.900. The Morgan fingerprint density at radius 2 is 2.23 bits per heavy atom. The van der Waals surface area contributed by atoms with E-state index in [0.717, 1.165) is 25.7 Å². The molecule has 0 radical (unpaired) electrons.